The lowest BCUT2D eigenvalue weighted by molar-refractivity contribution is 0.0599. The zero-order valence-electron chi connectivity index (χ0n) is 13.9. The van der Waals surface area contributed by atoms with E-state index in [-0.39, 0.29) is 29.9 Å². The molecule has 0 radical (unpaired) electrons. The smallest absolute Gasteiger partial charge is 0.341 e. The lowest BCUT2D eigenvalue weighted by Gasteiger charge is -2.11. The molecule has 0 amide bonds. The summed E-state index contributed by atoms with van der Waals surface area (Å²) in [7, 11) is 3.07. The summed E-state index contributed by atoms with van der Waals surface area (Å²) >= 11 is 0. The molecule has 0 aliphatic heterocycles. The highest BCUT2D eigenvalue weighted by Gasteiger charge is 2.15. The molecule has 0 aliphatic carbocycles. The van der Waals surface area contributed by atoms with Crippen molar-refractivity contribution in [3.63, 3.8) is 0 Å². The van der Waals surface area contributed by atoms with Crippen LogP contribution in [0.5, 0.6) is 0 Å². The number of halogens is 1. The van der Waals surface area contributed by atoms with Crippen molar-refractivity contribution >= 4 is 35.9 Å². The van der Waals surface area contributed by atoms with Gasteiger partial charge in [-0.1, -0.05) is 13.8 Å². The lowest BCUT2D eigenvalue weighted by atomic mass is 10.1. The fourth-order valence-corrected chi connectivity index (χ4v) is 1.81. The van der Waals surface area contributed by atoms with Crippen molar-refractivity contribution in [2.45, 2.75) is 33.7 Å². The fourth-order valence-electron chi connectivity index (χ4n) is 1.81. The van der Waals surface area contributed by atoms with Gasteiger partial charge in [0.1, 0.15) is 17.1 Å². The summed E-state index contributed by atoms with van der Waals surface area (Å²) in [4.78, 5) is 15.6. The van der Waals surface area contributed by atoms with Crippen LogP contribution in [0.2, 0.25) is 0 Å². The predicted molar refractivity (Wildman–Crippen MR) is 97.9 cm³/mol. The van der Waals surface area contributed by atoms with Crippen LogP contribution in [-0.2, 0) is 11.3 Å². The summed E-state index contributed by atoms with van der Waals surface area (Å²) in [6, 6.07) is 1.69. The van der Waals surface area contributed by atoms with Gasteiger partial charge in [0.15, 0.2) is 5.96 Å². The first kappa shape index (κ1) is 20.8. The van der Waals surface area contributed by atoms with Crippen LogP contribution in [0, 0.1) is 12.8 Å². The highest BCUT2D eigenvalue weighted by Crippen LogP contribution is 2.15. The van der Waals surface area contributed by atoms with E-state index < -0.39 is 0 Å². The monoisotopic (exact) mass is 423 g/mol. The van der Waals surface area contributed by atoms with Crippen molar-refractivity contribution < 1.29 is 13.9 Å². The molecule has 2 N–H and O–H groups in total. The average molecular weight is 423 g/mol. The summed E-state index contributed by atoms with van der Waals surface area (Å²) in [5.74, 6) is 2.19. The molecule has 0 saturated heterocycles. The second-order valence-corrected chi connectivity index (χ2v) is 5.21. The highest BCUT2D eigenvalue weighted by atomic mass is 127. The van der Waals surface area contributed by atoms with Crippen LogP contribution in [0.25, 0.3) is 0 Å². The molecule has 1 aromatic rings. The summed E-state index contributed by atoms with van der Waals surface area (Å²) in [5, 5.41) is 6.38. The van der Waals surface area contributed by atoms with Gasteiger partial charge in [0.25, 0.3) is 0 Å². The number of nitrogens with one attached hydrogen (secondary N) is 2. The Morgan fingerprint density at radius 2 is 2.09 bits per heavy atom. The molecule has 0 saturated carbocycles. The molecule has 1 rings (SSSR count). The van der Waals surface area contributed by atoms with E-state index in [4.69, 9.17) is 9.15 Å². The van der Waals surface area contributed by atoms with Crippen molar-refractivity contribution in [2.75, 3.05) is 20.7 Å². The third-order valence-electron chi connectivity index (χ3n) is 3.04. The Morgan fingerprint density at radius 1 is 1.41 bits per heavy atom. The number of carbonyl (C=O) groups is 1. The molecule has 0 aromatic carbocycles. The predicted octanol–water partition coefficient (Wildman–Crippen LogP) is 2.70. The van der Waals surface area contributed by atoms with Gasteiger partial charge < -0.3 is 19.8 Å². The van der Waals surface area contributed by atoms with Crippen molar-refractivity contribution in [3.05, 3.63) is 23.2 Å². The van der Waals surface area contributed by atoms with Gasteiger partial charge in [0, 0.05) is 13.6 Å². The van der Waals surface area contributed by atoms with Crippen molar-refractivity contribution in [1.82, 2.24) is 10.6 Å². The van der Waals surface area contributed by atoms with E-state index in [1.54, 1.807) is 20.0 Å². The first-order valence-corrected chi connectivity index (χ1v) is 7.10. The highest BCUT2D eigenvalue weighted by molar-refractivity contribution is 14.0. The molecule has 126 valence electrons. The molecule has 7 heteroatoms. The first-order valence-electron chi connectivity index (χ1n) is 7.10. The van der Waals surface area contributed by atoms with Crippen molar-refractivity contribution in [3.8, 4) is 0 Å². The quantitative estimate of drug-likeness (QED) is 0.319. The van der Waals surface area contributed by atoms with E-state index in [9.17, 15) is 4.79 Å². The van der Waals surface area contributed by atoms with Gasteiger partial charge in [-0.3, -0.25) is 4.99 Å². The van der Waals surface area contributed by atoms with E-state index >= 15 is 0 Å². The topological polar surface area (TPSA) is 75.9 Å². The summed E-state index contributed by atoms with van der Waals surface area (Å²) < 4.78 is 10.2. The van der Waals surface area contributed by atoms with E-state index in [0.29, 0.717) is 35.5 Å². The minimum Gasteiger partial charge on any atom is -0.465 e. The molecular weight excluding hydrogens is 397 g/mol. The number of rotatable bonds is 6. The number of guanidine groups is 1. The number of hydrogen-bond donors (Lipinski definition) is 2. The Kier molecular flexibility index (Phi) is 9.88. The van der Waals surface area contributed by atoms with Crippen molar-refractivity contribution in [2.24, 2.45) is 10.9 Å². The maximum Gasteiger partial charge on any atom is 0.341 e. The second-order valence-electron chi connectivity index (χ2n) is 5.21. The summed E-state index contributed by atoms with van der Waals surface area (Å²) in [5.41, 5.74) is 0.456. The maximum atomic E-state index is 11.5. The van der Waals surface area contributed by atoms with Gasteiger partial charge in [-0.05, 0) is 25.3 Å². The molecule has 0 atom stereocenters. The number of esters is 1. The van der Waals surface area contributed by atoms with Crippen LogP contribution < -0.4 is 10.6 Å². The van der Waals surface area contributed by atoms with Gasteiger partial charge >= 0.3 is 5.97 Å². The SMILES string of the molecule is CN=C(NCCC(C)C)NCc1cc(C(=O)OC)c(C)o1.I. The van der Waals surface area contributed by atoms with Gasteiger partial charge in [-0.2, -0.15) is 0 Å². The minimum atomic E-state index is -0.387. The van der Waals surface area contributed by atoms with E-state index in [2.05, 4.69) is 29.5 Å². The van der Waals surface area contributed by atoms with Crippen LogP contribution in [0.15, 0.2) is 15.5 Å². The molecular formula is C15H26IN3O3. The minimum absolute atomic E-state index is 0. The second kappa shape index (κ2) is 10.5. The number of aryl methyl sites for hydroxylation is 1. The number of ether oxygens (including phenoxy) is 1. The van der Waals surface area contributed by atoms with Gasteiger partial charge in [0.2, 0.25) is 0 Å². The number of nitrogens with zero attached hydrogens (tertiary/aromatic N) is 1. The molecule has 6 nitrogen and oxygen atoms in total. The Hall–Kier alpha value is -1.25. The van der Waals surface area contributed by atoms with E-state index in [1.807, 2.05) is 0 Å². The van der Waals surface area contributed by atoms with Gasteiger partial charge in [0.05, 0.1) is 13.7 Å². The number of carbonyl (C=O) groups excluding carboxylic acids is 1. The van der Waals surface area contributed by atoms with Crippen LogP contribution in [0.4, 0.5) is 0 Å². The van der Waals surface area contributed by atoms with Gasteiger partial charge in [-0.25, -0.2) is 4.79 Å². The molecule has 22 heavy (non-hydrogen) atoms. The van der Waals surface area contributed by atoms with Crippen molar-refractivity contribution in [1.29, 1.82) is 0 Å². The maximum absolute atomic E-state index is 11.5. The zero-order valence-corrected chi connectivity index (χ0v) is 16.2. The lowest BCUT2D eigenvalue weighted by Crippen LogP contribution is -2.37. The molecule has 1 aromatic heterocycles. The van der Waals surface area contributed by atoms with Crippen LogP contribution >= 0.6 is 24.0 Å². The molecule has 0 unspecified atom stereocenters. The van der Waals surface area contributed by atoms with Crippen LogP contribution in [0.3, 0.4) is 0 Å². The van der Waals surface area contributed by atoms with Crippen LogP contribution in [0.1, 0.15) is 42.1 Å². The Balaban J connectivity index is 0.00000441. The van der Waals surface area contributed by atoms with E-state index in [1.165, 1.54) is 7.11 Å². The number of furan rings is 1. The average Bonchev–Trinajstić information content (AvgIpc) is 2.82. The Labute approximate surface area is 149 Å². The molecule has 1 heterocycles. The number of hydrogen-bond acceptors (Lipinski definition) is 4. The third-order valence-corrected chi connectivity index (χ3v) is 3.04. The normalized spacial score (nSPS) is 11.1. The first-order chi connectivity index (χ1) is 9.97. The van der Waals surface area contributed by atoms with Gasteiger partial charge in [-0.15, -0.1) is 24.0 Å². The molecule has 0 bridgehead atoms. The standard InChI is InChI=1S/C15H25N3O3.HI/c1-10(2)6-7-17-15(16-4)18-9-12-8-13(11(3)21-12)14(19)20-5;/h8,10H,6-7,9H2,1-5H3,(H2,16,17,18);1H. The van der Waals surface area contributed by atoms with Crippen LogP contribution in [-0.4, -0.2) is 32.6 Å². The Bertz CT molecular complexity index is 498. The molecule has 0 aliphatic rings. The number of methoxy groups -OCH3 is 1. The summed E-state index contributed by atoms with van der Waals surface area (Å²) in [6.07, 6.45) is 1.08. The molecule has 0 spiro atoms. The fraction of sp³-hybridized carbons (Fsp3) is 0.600. The Morgan fingerprint density at radius 3 is 2.64 bits per heavy atom. The third kappa shape index (κ3) is 6.67. The number of aliphatic imine (C=N–C) groups is 1. The molecule has 0 fully saturated rings. The summed E-state index contributed by atoms with van der Waals surface area (Å²) in [6.45, 7) is 7.42. The zero-order chi connectivity index (χ0) is 15.8. The van der Waals surface area contributed by atoms with E-state index in [0.717, 1.165) is 13.0 Å². The largest absolute Gasteiger partial charge is 0.465 e.